The van der Waals surface area contributed by atoms with Crippen molar-refractivity contribution in [3.05, 3.63) is 39.7 Å². The van der Waals surface area contributed by atoms with Gasteiger partial charge in [-0.15, -0.1) is 23.1 Å². The van der Waals surface area contributed by atoms with Gasteiger partial charge in [0.1, 0.15) is 17.5 Å². The van der Waals surface area contributed by atoms with Gasteiger partial charge >= 0.3 is 5.97 Å². The van der Waals surface area contributed by atoms with Crippen LogP contribution >= 0.6 is 46.5 Å². The summed E-state index contributed by atoms with van der Waals surface area (Å²) in [5.74, 6) is -0.798. The zero-order valence-corrected chi connectivity index (χ0v) is 20.0. The number of hydrogen-bond acceptors (Lipinski definition) is 7. The molecule has 0 bridgehead atoms. The normalized spacial score (nSPS) is 11.0. The van der Waals surface area contributed by atoms with E-state index >= 15 is 0 Å². The van der Waals surface area contributed by atoms with E-state index in [1.165, 1.54) is 28.1 Å². The maximum atomic E-state index is 13.1. The third kappa shape index (κ3) is 6.65. The minimum absolute atomic E-state index is 0.231. The Morgan fingerprint density at radius 3 is 2.53 bits per heavy atom. The number of carboxylic acid groups (broad SMARTS) is 1. The Bertz CT molecular complexity index is 939. The Morgan fingerprint density at radius 1 is 1.33 bits per heavy atom. The summed E-state index contributed by atoms with van der Waals surface area (Å²) in [4.78, 5) is 24.7. The predicted molar refractivity (Wildman–Crippen MR) is 126 cm³/mol. The van der Waals surface area contributed by atoms with Crippen LogP contribution in [-0.2, 0) is 4.79 Å². The number of thioether (sulfide) groups is 2. The lowest BCUT2D eigenvalue weighted by Gasteiger charge is -2.20. The number of benzene rings is 1. The minimum atomic E-state index is -1.03. The molecule has 6 nitrogen and oxygen atoms in total. The van der Waals surface area contributed by atoms with Crippen LogP contribution in [0.4, 0.5) is 0 Å². The van der Waals surface area contributed by atoms with Crippen LogP contribution in [-0.4, -0.2) is 52.3 Å². The van der Waals surface area contributed by atoms with Crippen molar-refractivity contribution in [2.45, 2.75) is 23.3 Å². The highest BCUT2D eigenvalue weighted by atomic mass is 35.5. The molecule has 0 atom stereocenters. The summed E-state index contributed by atoms with van der Waals surface area (Å²) in [6.45, 7) is 4.11. The molecule has 1 aromatic carbocycles. The summed E-state index contributed by atoms with van der Waals surface area (Å²) in [6, 6.07) is 9.21. The number of halogens is 1. The summed E-state index contributed by atoms with van der Waals surface area (Å²) in [6.07, 6.45) is 1.91. The number of nitriles is 1. The summed E-state index contributed by atoms with van der Waals surface area (Å²) in [5.41, 5.74) is 4.40. The van der Waals surface area contributed by atoms with Gasteiger partial charge in [0.05, 0.1) is 9.77 Å². The zero-order valence-electron chi connectivity index (χ0n) is 16.8. The number of carbonyl (C=O) groups excluding carboxylic acids is 1. The maximum Gasteiger partial charge on any atom is 0.319 e. The van der Waals surface area contributed by atoms with Crippen molar-refractivity contribution >= 4 is 58.3 Å². The number of aliphatic carboxylic acids is 1. The SMILES string of the molecule is CSCCN(CC(=O)O)NC(=O)c1sc(SC(C)C)c(C#N)c1-c1ccc(Cl)cc1. The number of amides is 1. The predicted octanol–water partition coefficient (Wildman–Crippen LogP) is 4.84. The van der Waals surface area contributed by atoms with Crippen molar-refractivity contribution < 1.29 is 14.7 Å². The Balaban J connectivity index is 2.49. The third-order valence-electron chi connectivity index (χ3n) is 3.82. The van der Waals surface area contributed by atoms with Gasteiger partial charge < -0.3 is 5.11 Å². The van der Waals surface area contributed by atoms with Gasteiger partial charge in [-0.05, 0) is 24.0 Å². The molecule has 2 aromatic rings. The first-order valence-electron chi connectivity index (χ1n) is 9.03. The first kappa shape index (κ1) is 24.6. The number of nitrogens with zero attached hydrogens (tertiary/aromatic N) is 2. The molecule has 0 aliphatic rings. The topological polar surface area (TPSA) is 93.4 Å². The molecule has 10 heteroatoms. The fourth-order valence-corrected chi connectivity index (χ4v) is 5.73. The highest BCUT2D eigenvalue weighted by Gasteiger charge is 2.26. The van der Waals surface area contributed by atoms with E-state index in [0.29, 0.717) is 38.9 Å². The Morgan fingerprint density at radius 2 is 2.00 bits per heavy atom. The van der Waals surface area contributed by atoms with E-state index < -0.39 is 11.9 Å². The summed E-state index contributed by atoms with van der Waals surface area (Å²) in [5, 5.41) is 21.2. The highest BCUT2D eigenvalue weighted by molar-refractivity contribution is 8.01. The molecule has 2 rings (SSSR count). The highest BCUT2D eigenvalue weighted by Crippen LogP contribution is 2.43. The van der Waals surface area contributed by atoms with E-state index in [1.807, 2.05) is 20.1 Å². The molecule has 0 radical (unpaired) electrons. The van der Waals surface area contributed by atoms with Crippen LogP contribution in [0.25, 0.3) is 11.1 Å². The molecular formula is C20H22ClN3O3S3. The van der Waals surface area contributed by atoms with Crippen molar-refractivity contribution in [1.29, 1.82) is 5.26 Å². The van der Waals surface area contributed by atoms with Gasteiger partial charge in [-0.2, -0.15) is 17.0 Å². The van der Waals surface area contributed by atoms with Crippen molar-refractivity contribution in [3.8, 4) is 17.2 Å². The number of hydrazine groups is 1. The summed E-state index contributed by atoms with van der Waals surface area (Å²) >= 11 is 10.3. The third-order valence-corrected chi connectivity index (χ3v) is 7.07. The number of rotatable bonds is 10. The van der Waals surface area contributed by atoms with Crippen molar-refractivity contribution in [2.24, 2.45) is 0 Å². The minimum Gasteiger partial charge on any atom is -0.480 e. The standard InChI is InChI=1S/C20H22ClN3O3S3/c1-12(2)29-20-15(10-22)17(13-4-6-14(21)7-5-13)18(30-20)19(27)23-24(8-9-28-3)11-16(25)26/h4-7,12H,8-9,11H2,1-3H3,(H,23,27)(H,25,26). The van der Waals surface area contributed by atoms with Crippen LogP contribution in [0.15, 0.2) is 28.5 Å². The molecule has 0 fully saturated rings. The molecule has 0 aliphatic heterocycles. The van der Waals surface area contributed by atoms with E-state index in [0.717, 1.165) is 4.21 Å². The lowest BCUT2D eigenvalue weighted by molar-refractivity contribution is -0.138. The van der Waals surface area contributed by atoms with Crippen LogP contribution in [0, 0.1) is 11.3 Å². The molecule has 160 valence electrons. The van der Waals surface area contributed by atoms with Crippen LogP contribution < -0.4 is 5.43 Å². The van der Waals surface area contributed by atoms with Gasteiger partial charge in [0.25, 0.3) is 5.91 Å². The van der Waals surface area contributed by atoms with Gasteiger partial charge in [0.15, 0.2) is 0 Å². The van der Waals surface area contributed by atoms with E-state index in [1.54, 1.807) is 36.0 Å². The van der Waals surface area contributed by atoms with E-state index in [9.17, 15) is 14.9 Å². The molecule has 2 N–H and O–H groups in total. The van der Waals surface area contributed by atoms with Gasteiger partial charge in [0.2, 0.25) is 0 Å². The largest absolute Gasteiger partial charge is 0.480 e. The van der Waals surface area contributed by atoms with Crippen LogP contribution in [0.2, 0.25) is 5.02 Å². The van der Waals surface area contributed by atoms with Gasteiger partial charge in [-0.3, -0.25) is 15.0 Å². The number of carbonyl (C=O) groups is 2. The Kier molecular flexibility index (Phi) is 9.52. The molecule has 0 spiro atoms. The quantitative estimate of drug-likeness (QED) is 0.369. The monoisotopic (exact) mass is 483 g/mol. The summed E-state index contributed by atoms with van der Waals surface area (Å²) in [7, 11) is 0. The first-order chi connectivity index (χ1) is 14.3. The molecule has 30 heavy (non-hydrogen) atoms. The molecule has 0 unspecified atom stereocenters. The number of nitrogens with one attached hydrogen (secondary N) is 1. The second kappa shape index (κ2) is 11.6. The molecule has 0 saturated heterocycles. The summed E-state index contributed by atoms with van der Waals surface area (Å²) < 4.78 is 0.761. The lowest BCUT2D eigenvalue weighted by atomic mass is 10.0. The molecular weight excluding hydrogens is 462 g/mol. The number of hydrogen-bond donors (Lipinski definition) is 2. The fourth-order valence-electron chi connectivity index (χ4n) is 2.59. The van der Waals surface area contributed by atoms with Gasteiger partial charge in [-0.1, -0.05) is 37.6 Å². The lowest BCUT2D eigenvalue weighted by Crippen LogP contribution is -2.46. The smallest absolute Gasteiger partial charge is 0.319 e. The molecule has 1 heterocycles. The van der Waals surface area contributed by atoms with Crippen molar-refractivity contribution in [1.82, 2.24) is 10.4 Å². The number of carboxylic acids is 1. The second-order valence-corrected chi connectivity index (χ2v) is 10.8. The van der Waals surface area contributed by atoms with Crippen LogP contribution in [0.1, 0.15) is 29.1 Å². The van der Waals surface area contributed by atoms with Crippen LogP contribution in [0.3, 0.4) is 0 Å². The number of thiophene rings is 1. The fraction of sp³-hybridized carbons (Fsp3) is 0.350. The first-order valence-corrected chi connectivity index (χ1v) is 12.5. The average molecular weight is 484 g/mol. The Labute approximate surface area is 193 Å². The van der Waals surface area contributed by atoms with E-state index in [4.69, 9.17) is 16.7 Å². The molecule has 1 amide bonds. The Hall–Kier alpha value is -1.70. The maximum absolute atomic E-state index is 13.1. The van der Waals surface area contributed by atoms with Gasteiger partial charge in [-0.25, -0.2) is 5.01 Å². The molecule has 1 aromatic heterocycles. The van der Waals surface area contributed by atoms with Crippen molar-refractivity contribution in [3.63, 3.8) is 0 Å². The van der Waals surface area contributed by atoms with Gasteiger partial charge in [0, 0.05) is 28.1 Å². The van der Waals surface area contributed by atoms with Crippen LogP contribution in [0.5, 0.6) is 0 Å². The van der Waals surface area contributed by atoms with Crippen molar-refractivity contribution in [2.75, 3.05) is 25.1 Å². The molecule has 0 saturated carbocycles. The van der Waals surface area contributed by atoms with E-state index in [-0.39, 0.29) is 11.8 Å². The average Bonchev–Trinajstić information content (AvgIpc) is 3.03. The second-order valence-electron chi connectivity index (χ2n) is 6.50. The zero-order chi connectivity index (χ0) is 22.3. The van der Waals surface area contributed by atoms with E-state index in [2.05, 4.69) is 11.5 Å². The molecule has 0 aliphatic carbocycles.